The largest absolute Gasteiger partial charge is 0.431 e. The second kappa shape index (κ2) is 5.74. The molecule has 0 saturated carbocycles. The molecule has 116 valence electrons. The van der Waals surface area contributed by atoms with E-state index in [4.69, 9.17) is 4.42 Å². The van der Waals surface area contributed by atoms with Crippen LogP contribution in [0.25, 0.3) is 11.1 Å². The lowest BCUT2D eigenvalue weighted by Crippen LogP contribution is -2.36. The van der Waals surface area contributed by atoms with Gasteiger partial charge in [-0.25, -0.2) is 4.98 Å². The van der Waals surface area contributed by atoms with E-state index < -0.39 is 0 Å². The molecular formula is C18H16N2O2S. The van der Waals surface area contributed by atoms with Crippen molar-refractivity contribution in [3.05, 3.63) is 54.1 Å². The van der Waals surface area contributed by atoms with Gasteiger partial charge in [0.05, 0.1) is 5.75 Å². The minimum atomic E-state index is 0.0923. The maximum atomic E-state index is 12.6. The Kier molecular flexibility index (Phi) is 3.58. The minimum absolute atomic E-state index is 0.0923. The van der Waals surface area contributed by atoms with E-state index in [9.17, 15) is 4.79 Å². The van der Waals surface area contributed by atoms with Crippen LogP contribution >= 0.6 is 11.8 Å². The molecule has 1 aliphatic rings. The molecule has 0 aliphatic carbocycles. The van der Waals surface area contributed by atoms with Gasteiger partial charge < -0.3 is 9.32 Å². The summed E-state index contributed by atoms with van der Waals surface area (Å²) in [5, 5.41) is 0.541. The Morgan fingerprint density at radius 3 is 2.91 bits per heavy atom. The molecule has 1 atom stereocenters. The van der Waals surface area contributed by atoms with E-state index in [0.29, 0.717) is 11.0 Å². The topological polar surface area (TPSA) is 46.3 Å². The first-order valence-corrected chi connectivity index (χ1v) is 8.59. The van der Waals surface area contributed by atoms with Crippen molar-refractivity contribution in [2.24, 2.45) is 0 Å². The SMILES string of the molecule is C[C@@H]1Cc2ccccc2N1C(=O)CSc1nc2ccccc2o1. The molecular weight excluding hydrogens is 308 g/mol. The van der Waals surface area contributed by atoms with Gasteiger partial charge in [0.15, 0.2) is 5.58 Å². The number of oxazole rings is 1. The molecule has 0 unspecified atom stereocenters. The van der Waals surface area contributed by atoms with Crippen LogP contribution in [0.4, 0.5) is 5.69 Å². The Morgan fingerprint density at radius 1 is 1.26 bits per heavy atom. The summed E-state index contributed by atoms with van der Waals surface area (Å²) in [5.74, 6) is 0.417. The monoisotopic (exact) mass is 324 g/mol. The van der Waals surface area contributed by atoms with E-state index in [0.717, 1.165) is 23.2 Å². The van der Waals surface area contributed by atoms with Crippen molar-refractivity contribution in [1.82, 2.24) is 4.98 Å². The lowest BCUT2D eigenvalue weighted by Gasteiger charge is -2.22. The van der Waals surface area contributed by atoms with E-state index >= 15 is 0 Å². The van der Waals surface area contributed by atoms with Crippen LogP contribution in [0.15, 0.2) is 58.2 Å². The van der Waals surface area contributed by atoms with Crippen molar-refractivity contribution < 1.29 is 9.21 Å². The molecule has 3 aromatic rings. The maximum absolute atomic E-state index is 12.6. The second-order valence-corrected chi connectivity index (χ2v) is 6.61. The smallest absolute Gasteiger partial charge is 0.257 e. The number of hydrogen-bond donors (Lipinski definition) is 0. The van der Waals surface area contributed by atoms with Gasteiger partial charge in [0.25, 0.3) is 5.22 Å². The molecule has 23 heavy (non-hydrogen) atoms. The fourth-order valence-electron chi connectivity index (χ4n) is 3.05. The highest BCUT2D eigenvalue weighted by atomic mass is 32.2. The first-order valence-electron chi connectivity index (χ1n) is 7.61. The zero-order chi connectivity index (χ0) is 15.8. The van der Waals surface area contributed by atoms with E-state index in [1.807, 2.05) is 47.4 Å². The molecule has 0 saturated heterocycles. The summed E-state index contributed by atoms with van der Waals surface area (Å²) in [5.41, 5.74) is 3.84. The summed E-state index contributed by atoms with van der Waals surface area (Å²) < 4.78 is 5.66. The standard InChI is InChI=1S/C18H16N2O2S/c1-12-10-13-6-2-4-8-15(13)20(12)17(21)11-23-18-19-14-7-3-5-9-16(14)22-18/h2-9,12H,10-11H2,1H3/t12-/m1/s1. The molecule has 0 radical (unpaired) electrons. The van der Waals surface area contributed by atoms with Gasteiger partial charge in [0.2, 0.25) is 5.91 Å². The van der Waals surface area contributed by atoms with Gasteiger partial charge >= 0.3 is 0 Å². The normalized spacial score (nSPS) is 16.7. The van der Waals surface area contributed by atoms with E-state index in [2.05, 4.69) is 18.0 Å². The highest BCUT2D eigenvalue weighted by molar-refractivity contribution is 7.99. The summed E-state index contributed by atoms with van der Waals surface area (Å²) in [7, 11) is 0. The zero-order valence-corrected chi connectivity index (χ0v) is 13.5. The van der Waals surface area contributed by atoms with Gasteiger partial charge in [-0.15, -0.1) is 0 Å². The van der Waals surface area contributed by atoms with Gasteiger partial charge in [0.1, 0.15) is 5.52 Å². The number of nitrogens with zero attached hydrogens (tertiary/aromatic N) is 2. The van der Waals surface area contributed by atoms with Gasteiger partial charge in [-0.3, -0.25) is 4.79 Å². The van der Waals surface area contributed by atoms with Crippen molar-refractivity contribution >= 4 is 34.5 Å². The number of rotatable bonds is 3. The third-order valence-electron chi connectivity index (χ3n) is 4.07. The molecule has 1 aliphatic heterocycles. The third-order valence-corrected chi connectivity index (χ3v) is 4.88. The van der Waals surface area contributed by atoms with Gasteiger partial charge in [-0.2, -0.15) is 0 Å². The van der Waals surface area contributed by atoms with Gasteiger partial charge in [0, 0.05) is 11.7 Å². The van der Waals surface area contributed by atoms with E-state index in [-0.39, 0.29) is 11.9 Å². The number of carbonyl (C=O) groups excluding carboxylic acids is 1. The number of amides is 1. The first-order chi connectivity index (χ1) is 11.2. The number of hydrogen-bond acceptors (Lipinski definition) is 4. The van der Waals surface area contributed by atoms with Gasteiger partial charge in [-0.1, -0.05) is 42.1 Å². The number of anilines is 1. The highest BCUT2D eigenvalue weighted by Gasteiger charge is 2.30. The molecule has 0 fully saturated rings. The molecule has 2 aromatic carbocycles. The summed E-state index contributed by atoms with van der Waals surface area (Å²) in [6, 6.07) is 15.9. The summed E-state index contributed by atoms with van der Waals surface area (Å²) in [6.45, 7) is 2.09. The quantitative estimate of drug-likeness (QED) is 0.686. The van der Waals surface area contributed by atoms with E-state index in [1.54, 1.807) is 0 Å². The number of fused-ring (bicyclic) bond motifs is 2. The Morgan fingerprint density at radius 2 is 2.04 bits per heavy atom. The van der Waals surface area contributed by atoms with Crippen LogP contribution in [-0.2, 0) is 11.2 Å². The average molecular weight is 324 g/mol. The maximum Gasteiger partial charge on any atom is 0.257 e. The molecule has 2 heterocycles. The molecule has 1 amide bonds. The Balaban J connectivity index is 1.50. The van der Waals surface area contributed by atoms with Crippen LogP contribution in [-0.4, -0.2) is 22.7 Å². The first kappa shape index (κ1) is 14.3. The fourth-order valence-corrected chi connectivity index (χ4v) is 3.75. The Bertz CT molecular complexity index is 841. The molecule has 0 bridgehead atoms. The van der Waals surface area contributed by atoms with Crippen LogP contribution in [0.5, 0.6) is 0 Å². The second-order valence-electron chi connectivity index (χ2n) is 5.68. The molecule has 5 heteroatoms. The Hall–Kier alpha value is -2.27. The lowest BCUT2D eigenvalue weighted by molar-refractivity contribution is -0.116. The zero-order valence-electron chi connectivity index (χ0n) is 12.7. The molecule has 4 rings (SSSR count). The van der Waals surface area contributed by atoms with Crippen LogP contribution < -0.4 is 4.90 Å². The van der Waals surface area contributed by atoms with Crippen LogP contribution in [0, 0.1) is 0 Å². The number of carbonyl (C=O) groups is 1. The van der Waals surface area contributed by atoms with Crippen LogP contribution in [0.3, 0.4) is 0 Å². The van der Waals surface area contributed by atoms with Gasteiger partial charge in [-0.05, 0) is 37.1 Å². The third kappa shape index (κ3) is 2.61. The van der Waals surface area contributed by atoms with E-state index in [1.165, 1.54) is 17.3 Å². The van der Waals surface area contributed by atoms with Crippen molar-refractivity contribution in [2.75, 3.05) is 10.7 Å². The number of benzene rings is 2. The average Bonchev–Trinajstić information content (AvgIpc) is 3.12. The minimum Gasteiger partial charge on any atom is -0.431 e. The summed E-state index contributed by atoms with van der Waals surface area (Å²) in [4.78, 5) is 18.9. The summed E-state index contributed by atoms with van der Waals surface area (Å²) in [6.07, 6.45) is 0.912. The van der Waals surface area contributed by atoms with Crippen molar-refractivity contribution in [3.63, 3.8) is 0 Å². The number of thioether (sulfide) groups is 1. The highest BCUT2D eigenvalue weighted by Crippen LogP contribution is 2.33. The van der Waals surface area contributed by atoms with Crippen LogP contribution in [0.2, 0.25) is 0 Å². The fraction of sp³-hybridized carbons (Fsp3) is 0.222. The summed E-state index contributed by atoms with van der Waals surface area (Å²) >= 11 is 1.35. The number of para-hydroxylation sites is 3. The van der Waals surface area contributed by atoms with Crippen molar-refractivity contribution in [1.29, 1.82) is 0 Å². The van der Waals surface area contributed by atoms with Crippen molar-refractivity contribution in [3.8, 4) is 0 Å². The number of aromatic nitrogens is 1. The lowest BCUT2D eigenvalue weighted by atomic mass is 10.1. The Labute approximate surface area is 138 Å². The predicted octanol–water partition coefficient (Wildman–Crippen LogP) is 3.90. The molecule has 4 nitrogen and oxygen atoms in total. The van der Waals surface area contributed by atoms with Crippen molar-refractivity contribution in [2.45, 2.75) is 24.6 Å². The molecule has 0 spiro atoms. The predicted molar refractivity (Wildman–Crippen MR) is 91.8 cm³/mol. The molecule has 1 aromatic heterocycles. The molecule has 0 N–H and O–H groups in total. The van der Waals surface area contributed by atoms with Crippen LogP contribution in [0.1, 0.15) is 12.5 Å².